The van der Waals surface area contributed by atoms with Crippen molar-refractivity contribution in [2.24, 2.45) is 5.73 Å². The first-order chi connectivity index (χ1) is 11.1. The molecule has 2 rings (SSSR count). The van der Waals surface area contributed by atoms with Crippen molar-refractivity contribution in [1.29, 1.82) is 0 Å². The standard InChI is InChI=1S/C18H19BrN2O2/c19-15-10-5-9-14(12-15)18(23)21-16(17(20)22)11-4-8-13-6-2-1-3-7-13/h1-3,5-7,9-10,12,16H,4,8,11H2,(H2,20,22)(H,21,23)/t16-/m1/s1. The number of primary amides is 1. The lowest BCUT2D eigenvalue weighted by atomic mass is 10.0. The number of nitrogens with two attached hydrogens (primary N) is 1. The third-order valence-electron chi connectivity index (χ3n) is 3.54. The van der Waals surface area contributed by atoms with E-state index in [-0.39, 0.29) is 5.91 Å². The zero-order chi connectivity index (χ0) is 16.7. The van der Waals surface area contributed by atoms with Gasteiger partial charge in [0.1, 0.15) is 6.04 Å². The minimum absolute atomic E-state index is 0.296. The van der Waals surface area contributed by atoms with Crippen LogP contribution in [0.2, 0.25) is 0 Å². The smallest absolute Gasteiger partial charge is 0.251 e. The van der Waals surface area contributed by atoms with E-state index in [4.69, 9.17) is 5.73 Å². The van der Waals surface area contributed by atoms with Crippen LogP contribution in [-0.4, -0.2) is 17.9 Å². The van der Waals surface area contributed by atoms with E-state index in [0.717, 1.165) is 17.3 Å². The van der Waals surface area contributed by atoms with Crippen LogP contribution in [0.15, 0.2) is 59.1 Å². The summed E-state index contributed by atoms with van der Waals surface area (Å²) in [6.07, 6.45) is 2.14. The molecule has 0 aliphatic heterocycles. The first kappa shape index (κ1) is 17.2. The minimum Gasteiger partial charge on any atom is -0.368 e. The van der Waals surface area contributed by atoms with Crippen LogP contribution in [-0.2, 0) is 11.2 Å². The fourth-order valence-electron chi connectivity index (χ4n) is 2.31. The highest BCUT2D eigenvalue weighted by molar-refractivity contribution is 9.10. The van der Waals surface area contributed by atoms with Crippen molar-refractivity contribution in [3.63, 3.8) is 0 Å². The monoisotopic (exact) mass is 374 g/mol. The molecule has 0 saturated heterocycles. The van der Waals surface area contributed by atoms with Crippen LogP contribution in [0.3, 0.4) is 0 Å². The van der Waals surface area contributed by atoms with Crippen LogP contribution >= 0.6 is 15.9 Å². The summed E-state index contributed by atoms with van der Waals surface area (Å²) in [5, 5.41) is 2.71. The largest absolute Gasteiger partial charge is 0.368 e. The lowest BCUT2D eigenvalue weighted by molar-refractivity contribution is -0.120. The Balaban J connectivity index is 1.91. The summed E-state index contributed by atoms with van der Waals surface area (Å²) < 4.78 is 0.810. The van der Waals surface area contributed by atoms with Crippen molar-refractivity contribution < 1.29 is 9.59 Å². The second-order valence-electron chi connectivity index (χ2n) is 5.32. The Morgan fingerprint density at radius 1 is 1.09 bits per heavy atom. The van der Waals surface area contributed by atoms with Gasteiger partial charge >= 0.3 is 0 Å². The maximum Gasteiger partial charge on any atom is 0.251 e. The molecule has 0 heterocycles. The van der Waals surface area contributed by atoms with Crippen molar-refractivity contribution in [2.75, 3.05) is 0 Å². The number of hydrogen-bond acceptors (Lipinski definition) is 2. The van der Waals surface area contributed by atoms with Gasteiger partial charge in [-0.15, -0.1) is 0 Å². The van der Waals surface area contributed by atoms with Gasteiger partial charge in [0.05, 0.1) is 0 Å². The first-order valence-corrected chi connectivity index (χ1v) is 8.25. The molecule has 2 aromatic carbocycles. The third kappa shape index (κ3) is 5.53. The van der Waals surface area contributed by atoms with Gasteiger partial charge in [0.15, 0.2) is 0 Å². The summed E-state index contributed by atoms with van der Waals surface area (Å²) in [5.74, 6) is -0.809. The minimum atomic E-state index is -0.662. The summed E-state index contributed by atoms with van der Waals surface area (Å²) >= 11 is 3.32. The zero-order valence-electron chi connectivity index (χ0n) is 12.7. The number of carbonyl (C=O) groups is 2. The van der Waals surface area contributed by atoms with E-state index in [0.29, 0.717) is 12.0 Å². The fourth-order valence-corrected chi connectivity index (χ4v) is 2.71. The van der Waals surface area contributed by atoms with Crippen molar-refractivity contribution in [1.82, 2.24) is 5.32 Å². The van der Waals surface area contributed by atoms with Crippen LogP contribution in [0.4, 0.5) is 0 Å². The molecule has 0 fully saturated rings. The van der Waals surface area contributed by atoms with Gasteiger partial charge in [-0.05, 0) is 43.0 Å². The van der Waals surface area contributed by atoms with Crippen LogP contribution in [0, 0.1) is 0 Å². The number of nitrogens with one attached hydrogen (secondary N) is 1. The molecule has 0 spiro atoms. The van der Waals surface area contributed by atoms with Crippen LogP contribution < -0.4 is 11.1 Å². The summed E-state index contributed by atoms with van der Waals surface area (Å²) in [7, 11) is 0. The molecule has 1 atom stereocenters. The maximum atomic E-state index is 12.2. The molecule has 3 N–H and O–H groups in total. The number of rotatable bonds is 7. The molecule has 2 aromatic rings. The molecular formula is C18H19BrN2O2. The van der Waals surface area contributed by atoms with Gasteiger partial charge in [0.25, 0.3) is 5.91 Å². The summed E-state index contributed by atoms with van der Waals surface area (Å²) in [4.78, 5) is 23.8. The third-order valence-corrected chi connectivity index (χ3v) is 4.03. The normalized spacial score (nSPS) is 11.7. The van der Waals surface area contributed by atoms with E-state index in [1.54, 1.807) is 18.2 Å². The van der Waals surface area contributed by atoms with E-state index in [2.05, 4.69) is 21.2 Å². The average molecular weight is 375 g/mol. The van der Waals surface area contributed by atoms with Crippen molar-refractivity contribution >= 4 is 27.7 Å². The molecule has 0 bridgehead atoms. The lowest BCUT2D eigenvalue weighted by Crippen LogP contribution is -2.44. The van der Waals surface area contributed by atoms with E-state index in [9.17, 15) is 9.59 Å². The highest BCUT2D eigenvalue weighted by Crippen LogP contribution is 2.12. The van der Waals surface area contributed by atoms with Gasteiger partial charge in [-0.3, -0.25) is 9.59 Å². The SMILES string of the molecule is NC(=O)[C@@H](CCCc1ccccc1)NC(=O)c1cccc(Br)c1. The highest BCUT2D eigenvalue weighted by Gasteiger charge is 2.18. The number of carbonyl (C=O) groups excluding carboxylic acids is 2. The Bertz CT molecular complexity index is 674. The quantitative estimate of drug-likeness (QED) is 0.781. The number of benzene rings is 2. The Kier molecular flexibility index (Phi) is 6.35. The van der Waals surface area contributed by atoms with Gasteiger partial charge in [-0.25, -0.2) is 0 Å². The van der Waals surface area contributed by atoms with Crippen molar-refractivity contribution in [2.45, 2.75) is 25.3 Å². The van der Waals surface area contributed by atoms with E-state index in [1.807, 2.05) is 36.4 Å². The lowest BCUT2D eigenvalue weighted by Gasteiger charge is -2.15. The molecule has 2 amide bonds. The number of halogens is 1. The van der Waals surface area contributed by atoms with Gasteiger partial charge in [-0.1, -0.05) is 52.3 Å². The topological polar surface area (TPSA) is 72.2 Å². The molecule has 0 aromatic heterocycles. The van der Waals surface area contributed by atoms with Crippen LogP contribution in [0.5, 0.6) is 0 Å². The van der Waals surface area contributed by atoms with Gasteiger partial charge in [0.2, 0.25) is 5.91 Å². The molecule has 5 heteroatoms. The van der Waals surface area contributed by atoms with Gasteiger partial charge < -0.3 is 11.1 Å². The second-order valence-corrected chi connectivity index (χ2v) is 6.23. The molecule has 0 aliphatic carbocycles. The molecule has 0 aliphatic rings. The fraction of sp³-hybridized carbons (Fsp3) is 0.222. The molecule has 0 unspecified atom stereocenters. The maximum absolute atomic E-state index is 12.2. The number of amides is 2. The average Bonchev–Trinajstić information content (AvgIpc) is 2.54. The van der Waals surface area contributed by atoms with Gasteiger partial charge in [-0.2, -0.15) is 0 Å². The summed E-state index contributed by atoms with van der Waals surface area (Å²) in [6, 6.07) is 16.4. The molecule has 0 radical (unpaired) electrons. The van der Waals surface area contributed by atoms with E-state index < -0.39 is 11.9 Å². The first-order valence-electron chi connectivity index (χ1n) is 7.46. The number of aryl methyl sites for hydroxylation is 1. The zero-order valence-corrected chi connectivity index (χ0v) is 14.3. The Morgan fingerprint density at radius 3 is 2.48 bits per heavy atom. The Morgan fingerprint density at radius 2 is 1.83 bits per heavy atom. The predicted molar refractivity (Wildman–Crippen MR) is 94.0 cm³/mol. The summed E-state index contributed by atoms with van der Waals surface area (Å²) in [6.45, 7) is 0. The van der Waals surface area contributed by atoms with E-state index >= 15 is 0 Å². The highest BCUT2D eigenvalue weighted by atomic mass is 79.9. The summed E-state index contributed by atoms with van der Waals surface area (Å²) in [5.41, 5.74) is 7.11. The van der Waals surface area contributed by atoms with E-state index in [1.165, 1.54) is 5.56 Å². The predicted octanol–water partition coefficient (Wildman–Crippen LogP) is 3.06. The molecular weight excluding hydrogens is 356 g/mol. The van der Waals surface area contributed by atoms with Gasteiger partial charge in [0, 0.05) is 10.0 Å². The Labute approximate surface area is 144 Å². The van der Waals surface area contributed by atoms with Crippen LogP contribution in [0.25, 0.3) is 0 Å². The van der Waals surface area contributed by atoms with Crippen LogP contribution in [0.1, 0.15) is 28.8 Å². The van der Waals surface area contributed by atoms with Crippen molar-refractivity contribution in [3.05, 3.63) is 70.2 Å². The number of hydrogen-bond donors (Lipinski definition) is 2. The molecule has 0 saturated carbocycles. The Hall–Kier alpha value is -2.14. The molecule has 4 nitrogen and oxygen atoms in total. The van der Waals surface area contributed by atoms with Crippen molar-refractivity contribution in [3.8, 4) is 0 Å². The molecule has 23 heavy (non-hydrogen) atoms. The second kappa shape index (κ2) is 8.48. The molecule has 120 valence electrons.